The number of methoxy groups -OCH3 is 1. The first kappa shape index (κ1) is 20.4. The van der Waals surface area contributed by atoms with E-state index in [1.165, 1.54) is 5.56 Å². The average molecular weight is 433 g/mol. The maximum absolute atomic E-state index is 12.4. The number of carbonyl (C=O) groups excluding carboxylic acids is 1. The number of hydrazine groups is 1. The molecule has 0 saturated carbocycles. The van der Waals surface area contributed by atoms with Crippen LogP contribution in [0, 0.1) is 0 Å². The third kappa shape index (κ3) is 4.13. The first-order valence-corrected chi connectivity index (χ1v) is 11.0. The smallest absolute Gasteiger partial charge is 0.220 e. The average Bonchev–Trinajstić information content (AvgIpc) is 3.46. The lowest BCUT2D eigenvalue weighted by Gasteiger charge is -2.37. The zero-order valence-corrected chi connectivity index (χ0v) is 18.1. The summed E-state index contributed by atoms with van der Waals surface area (Å²) in [6.45, 7) is 0.483. The number of benzene rings is 2. The van der Waals surface area contributed by atoms with Gasteiger partial charge in [-0.15, -0.1) is 0 Å². The van der Waals surface area contributed by atoms with E-state index in [-0.39, 0.29) is 24.2 Å². The van der Waals surface area contributed by atoms with Gasteiger partial charge in [-0.25, -0.2) is 5.43 Å². The van der Waals surface area contributed by atoms with Crippen LogP contribution < -0.4 is 20.9 Å². The third-order valence-electron chi connectivity index (χ3n) is 6.22. The maximum atomic E-state index is 12.4. The predicted molar refractivity (Wildman–Crippen MR) is 122 cm³/mol. The second-order valence-corrected chi connectivity index (χ2v) is 8.24. The topological polar surface area (TPSA) is 81.2 Å². The van der Waals surface area contributed by atoms with Crippen LogP contribution in [0.1, 0.15) is 36.4 Å². The van der Waals surface area contributed by atoms with E-state index in [0.717, 1.165) is 23.6 Å². The van der Waals surface area contributed by atoms with Gasteiger partial charge in [0.25, 0.3) is 0 Å². The summed E-state index contributed by atoms with van der Waals surface area (Å²) in [5.74, 6) is 1.69. The van der Waals surface area contributed by atoms with Crippen molar-refractivity contribution in [2.24, 2.45) is 5.10 Å². The number of hydrogen-bond donors (Lipinski definition) is 3. The molecular weight excluding hydrogens is 404 g/mol. The molecule has 8 heteroatoms. The Morgan fingerprint density at radius 2 is 2.06 bits per heavy atom. The molecule has 3 unspecified atom stereocenters. The number of rotatable bonds is 7. The molecule has 0 aromatic heterocycles. The molecule has 166 valence electrons. The van der Waals surface area contributed by atoms with Crippen LogP contribution in [-0.2, 0) is 11.3 Å². The SMILES string of the molecule is COc1cccc(CNC(=O)CCC2=NNC3C4CC(c5ccccc5)NN4C=CN23)c1. The van der Waals surface area contributed by atoms with E-state index in [1.807, 2.05) is 36.5 Å². The summed E-state index contributed by atoms with van der Waals surface area (Å²) in [7, 11) is 1.64. The second-order valence-electron chi connectivity index (χ2n) is 8.24. The molecule has 3 aliphatic heterocycles. The number of fused-ring (bicyclic) bond motifs is 3. The zero-order valence-electron chi connectivity index (χ0n) is 18.1. The largest absolute Gasteiger partial charge is 0.497 e. The molecule has 2 aromatic carbocycles. The lowest BCUT2D eigenvalue weighted by atomic mass is 10.00. The molecule has 0 radical (unpaired) electrons. The highest BCUT2D eigenvalue weighted by molar-refractivity contribution is 5.89. The molecule has 1 amide bonds. The van der Waals surface area contributed by atoms with E-state index >= 15 is 0 Å². The van der Waals surface area contributed by atoms with Crippen LogP contribution in [-0.4, -0.2) is 41.0 Å². The first-order valence-electron chi connectivity index (χ1n) is 11.0. The van der Waals surface area contributed by atoms with Crippen LogP contribution in [0.5, 0.6) is 5.75 Å². The number of nitrogens with one attached hydrogen (secondary N) is 3. The maximum Gasteiger partial charge on any atom is 0.220 e. The van der Waals surface area contributed by atoms with Crippen molar-refractivity contribution in [3.05, 3.63) is 78.1 Å². The number of nitrogens with zero attached hydrogens (tertiary/aromatic N) is 3. The van der Waals surface area contributed by atoms with Crippen LogP contribution in [0.25, 0.3) is 0 Å². The van der Waals surface area contributed by atoms with Crippen LogP contribution >= 0.6 is 0 Å². The third-order valence-corrected chi connectivity index (χ3v) is 6.22. The molecule has 3 aliphatic rings. The van der Waals surface area contributed by atoms with Gasteiger partial charge >= 0.3 is 0 Å². The molecule has 0 bridgehead atoms. The van der Waals surface area contributed by atoms with Gasteiger partial charge in [0.2, 0.25) is 5.91 Å². The Morgan fingerprint density at radius 3 is 2.91 bits per heavy atom. The fraction of sp³-hybridized carbons (Fsp3) is 0.333. The Labute approximate surface area is 187 Å². The summed E-state index contributed by atoms with van der Waals surface area (Å²) in [6.07, 6.45) is 6.12. The quantitative estimate of drug-likeness (QED) is 0.624. The lowest BCUT2D eigenvalue weighted by molar-refractivity contribution is -0.121. The predicted octanol–water partition coefficient (Wildman–Crippen LogP) is 2.44. The summed E-state index contributed by atoms with van der Waals surface area (Å²) in [4.78, 5) is 14.6. The number of amides is 1. The molecular formula is C24H28N6O2. The Morgan fingerprint density at radius 1 is 1.19 bits per heavy atom. The molecule has 3 N–H and O–H groups in total. The fourth-order valence-electron chi connectivity index (χ4n) is 4.51. The molecule has 0 aliphatic carbocycles. The van der Waals surface area contributed by atoms with E-state index in [9.17, 15) is 4.79 Å². The van der Waals surface area contributed by atoms with Crippen molar-refractivity contribution in [2.75, 3.05) is 7.11 Å². The number of ether oxygens (including phenoxy) is 1. The Bertz CT molecular complexity index is 1020. The van der Waals surface area contributed by atoms with Gasteiger partial charge in [0.05, 0.1) is 19.2 Å². The van der Waals surface area contributed by atoms with Crippen molar-refractivity contribution in [1.29, 1.82) is 0 Å². The normalized spacial score (nSPS) is 23.3. The highest BCUT2D eigenvalue weighted by Gasteiger charge is 2.43. The van der Waals surface area contributed by atoms with Gasteiger partial charge in [-0.2, -0.15) is 5.10 Å². The second kappa shape index (κ2) is 8.92. The number of hydrogen-bond acceptors (Lipinski definition) is 7. The van der Waals surface area contributed by atoms with Gasteiger partial charge < -0.3 is 20.0 Å². The van der Waals surface area contributed by atoms with E-state index < -0.39 is 0 Å². The molecule has 5 rings (SSSR count). The zero-order chi connectivity index (χ0) is 21.9. The van der Waals surface area contributed by atoms with Crippen LogP contribution in [0.15, 0.2) is 72.1 Å². The molecule has 8 nitrogen and oxygen atoms in total. The van der Waals surface area contributed by atoms with Gasteiger partial charge in [0.15, 0.2) is 0 Å². The molecule has 1 fully saturated rings. The van der Waals surface area contributed by atoms with Crippen molar-refractivity contribution in [1.82, 2.24) is 26.1 Å². The Balaban J connectivity index is 1.13. The summed E-state index contributed by atoms with van der Waals surface area (Å²) < 4.78 is 5.23. The summed E-state index contributed by atoms with van der Waals surface area (Å²) in [5, 5.41) is 9.70. The summed E-state index contributed by atoms with van der Waals surface area (Å²) in [6, 6.07) is 18.8. The van der Waals surface area contributed by atoms with Crippen LogP contribution in [0.4, 0.5) is 0 Å². The number of carbonyl (C=O) groups is 1. The fourth-order valence-corrected chi connectivity index (χ4v) is 4.51. The van der Waals surface area contributed by atoms with Gasteiger partial charge in [0, 0.05) is 31.8 Å². The minimum Gasteiger partial charge on any atom is -0.497 e. The highest BCUT2D eigenvalue weighted by atomic mass is 16.5. The van der Waals surface area contributed by atoms with E-state index in [4.69, 9.17) is 4.74 Å². The minimum absolute atomic E-state index is 0.00765. The van der Waals surface area contributed by atoms with Gasteiger partial charge in [-0.05, 0) is 29.7 Å². The molecule has 0 spiro atoms. The highest BCUT2D eigenvalue weighted by Crippen LogP contribution is 2.34. The first-order chi connectivity index (χ1) is 15.7. The molecule has 3 heterocycles. The number of hydrazone groups is 1. The minimum atomic E-state index is 0.00765. The van der Waals surface area contributed by atoms with E-state index in [2.05, 4.69) is 61.6 Å². The van der Waals surface area contributed by atoms with Crippen molar-refractivity contribution in [2.45, 2.75) is 44.1 Å². The van der Waals surface area contributed by atoms with E-state index in [0.29, 0.717) is 19.4 Å². The van der Waals surface area contributed by atoms with Crippen LogP contribution in [0.3, 0.4) is 0 Å². The van der Waals surface area contributed by atoms with Crippen molar-refractivity contribution < 1.29 is 9.53 Å². The van der Waals surface area contributed by atoms with E-state index in [1.54, 1.807) is 7.11 Å². The molecule has 2 aromatic rings. The van der Waals surface area contributed by atoms with Crippen molar-refractivity contribution >= 4 is 11.7 Å². The van der Waals surface area contributed by atoms with Gasteiger partial charge in [-0.3, -0.25) is 10.2 Å². The van der Waals surface area contributed by atoms with Gasteiger partial charge in [-0.1, -0.05) is 42.5 Å². The number of amidine groups is 1. The molecule has 32 heavy (non-hydrogen) atoms. The van der Waals surface area contributed by atoms with Crippen molar-refractivity contribution in [3.63, 3.8) is 0 Å². The van der Waals surface area contributed by atoms with Crippen LogP contribution in [0.2, 0.25) is 0 Å². The Hall–Kier alpha value is -3.52. The standard InChI is InChI=1S/C24H28N6O2/c1-32-19-9-5-6-17(14-19)16-25-23(31)11-10-22-26-27-24-21-15-20(18-7-3-2-4-8-18)28-30(21)13-12-29(22)24/h2-9,12-14,20-21,24,27-28H,10-11,15-16H2,1H3,(H,25,31). The summed E-state index contributed by atoms with van der Waals surface area (Å²) >= 11 is 0. The lowest BCUT2D eigenvalue weighted by Crippen LogP contribution is -2.54. The summed E-state index contributed by atoms with van der Waals surface area (Å²) in [5.41, 5.74) is 9.16. The monoisotopic (exact) mass is 432 g/mol. The molecule has 1 saturated heterocycles. The van der Waals surface area contributed by atoms with Gasteiger partial charge in [0.1, 0.15) is 17.8 Å². The Kier molecular flexibility index (Phi) is 5.68. The molecule has 3 atom stereocenters. The van der Waals surface area contributed by atoms with Crippen molar-refractivity contribution in [3.8, 4) is 5.75 Å².